The summed E-state index contributed by atoms with van der Waals surface area (Å²) < 4.78 is 8.79. The van der Waals surface area contributed by atoms with Crippen LogP contribution in [0.25, 0.3) is 22.1 Å². The van der Waals surface area contributed by atoms with E-state index in [9.17, 15) is 4.79 Å². The molecule has 0 bridgehead atoms. The first kappa shape index (κ1) is 17.2. The summed E-state index contributed by atoms with van der Waals surface area (Å²) in [5, 5.41) is 0. The number of hydrogen-bond donors (Lipinski definition) is 0. The van der Waals surface area contributed by atoms with Crippen molar-refractivity contribution in [3.63, 3.8) is 0 Å². The van der Waals surface area contributed by atoms with Crippen molar-refractivity contribution in [2.75, 3.05) is 6.61 Å². The number of halogens is 1. The molecule has 0 radical (unpaired) electrons. The molecule has 0 saturated heterocycles. The Labute approximate surface area is 162 Å². The summed E-state index contributed by atoms with van der Waals surface area (Å²) in [6.07, 6.45) is 1.90. The van der Waals surface area contributed by atoms with Gasteiger partial charge in [-0.3, -0.25) is 4.79 Å². The predicted octanol–water partition coefficient (Wildman–Crippen LogP) is 4.23. The average molecular weight is 429 g/mol. The van der Waals surface area contributed by atoms with Crippen LogP contribution in [0.5, 0.6) is 5.75 Å². The molecule has 4 rings (SSSR count). The first-order chi connectivity index (χ1) is 12.5. The minimum Gasteiger partial charge on any atom is -0.493 e. The van der Waals surface area contributed by atoms with E-state index in [4.69, 9.17) is 4.74 Å². The Balaban J connectivity index is 1.88. The van der Waals surface area contributed by atoms with E-state index in [1.165, 1.54) is 16.9 Å². The topological polar surface area (TPSA) is 43.6 Å². The molecule has 132 valence electrons. The molecule has 2 aromatic carbocycles. The molecule has 4 nitrogen and oxygen atoms in total. The third kappa shape index (κ3) is 2.83. The highest BCUT2D eigenvalue weighted by Crippen LogP contribution is 2.26. The summed E-state index contributed by atoms with van der Waals surface area (Å²) in [4.78, 5) is 18.3. The number of benzene rings is 2. The van der Waals surface area contributed by atoms with Gasteiger partial charge >= 0.3 is 0 Å². The maximum Gasteiger partial charge on any atom is 0.274 e. The van der Waals surface area contributed by atoms with Crippen molar-refractivity contribution in [1.82, 2.24) is 9.38 Å². The number of hydrogen-bond acceptors (Lipinski definition) is 4. The lowest BCUT2D eigenvalue weighted by molar-refractivity contribution is 0.338. The van der Waals surface area contributed by atoms with Crippen LogP contribution in [0.4, 0.5) is 0 Å². The number of aryl methyl sites for hydroxylation is 2. The quantitative estimate of drug-likeness (QED) is 0.490. The Morgan fingerprint density at radius 3 is 2.73 bits per heavy atom. The van der Waals surface area contributed by atoms with Crippen LogP contribution in [0.1, 0.15) is 23.6 Å². The third-order valence-corrected chi connectivity index (χ3v) is 6.00. The van der Waals surface area contributed by atoms with Crippen molar-refractivity contribution < 1.29 is 4.74 Å². The molecule has 0 spiro atoms. The second-order valence-corrected chi connectivity index (χ2v) is 8.06. The highest BCUT2D eigenvalue weighted by Gasteiger charge is 2.12. The molecule has 26 heavy (non-hydrogen) atoms. The Hall–Kier alpha value is -2.18. The van der Waals surface area contributed by atoms with Crippen LogP contribution >= 0.6 is 27.3 Å². The molecule has 0 aliphatic rings. The van der Waals surface area contributed by atoms with Crippen molar-refractivity contribution in [3.8, 4) is 5.75 Å². The maximum atomic E-state index is 12.9. The summed E-state index contributed by atoms with van der Waals surface area (Å²) in [6.45, 7) is 6.67. The molecule has 6 heteroatoms. The van der Waals surface area contributed by atoms with Crippen molar-refractivity contribution in [2.24, 2.45) is 0 Å². The van der Waals surface area contributed by atoms with Gasteiger partial charge in [-0.15, -0.1) is 0 Å². The van der Waals surface area contributed by atoms with E-state index in [2.05, 4.69) is 34.8 Å². The van der Waals surface area contributed by atoms with Gasteiger partial charge in [0.1, 0.15) is 5.75 Å². The third-order valence-electron chi connectivity index (χ3n) is 4.41. The average Bonchev–Trinajstić information content (AvgIpc) is 3.08. The van der Waals surface area contributed by atoms with E-state index in [0.717, 1.165) is 37.3 Å². The van der Waals surface area contributed by atoms with Crippen molar-refractivity contribution in [1.29, 1.82) is 0 Å². The molecule has 0 aliphatic heterocycles. The van der Waals surface area contributed by atoms with Crippen LogP contribution in [-0.2, 0) is 0 Å². The van der Waals surface area contributed by atoms with Crippen LogP contribution in [0.15, 0.2) is 39.6 Å². The van der Waals surface area contributed by atoms with Crippen LogP contribution in [0.2, 0.25) is 0 Å². The van der Waals surface area contributed by atoms with Gasteiger partial charge < -0.3 is 4.74 Å². The highest BCUT2D eigenvalue weighted by atomic mass is 79.9. The van der Waals surface area contributed by atoms with Crippen LogP contribution in [-0.4, -0.2) is 16.0 Å². The van der Waals surface area contributed by atoms with E-state index in [1.807, 2.05) is 43.3 Å². The molecule has 4 aromatic rings. The summed E-state index contributed by atoms with van der Waals surface area (Å²) in [5.74, 6) is 0.796. The fourth-order valence-electron chi connectivity index (χ4n) is 2.95. The summed E-state index contributed by atoms with van der Waals surface area (Å²) >= 11 is 4.93. The van der Waals surface area contributed by atoms with Gasteiger partial charge in [-0.2, -0.15) is 0 Å². The number of ether oxygens (including phenoxy) is 1. The zero-order chi connectivity index (χ0) is 18.4. The molecule has 0 aliphatic carbocycles. The number of thiazole rings is 1. The van der Waals surface area contributed by atoms with Gasteiger partial charge in [0.2, 0.25) is 0 Å². The number of aromatic nitrogens is 2. The van der Waals surface area contributed by atoms with E-state index in [0.29, 0.717) is 11.1 Å². The normalized spacial score (nSPS) is 12.4. The maximum absolute atomic E-state index is 12.9. The van der Waals surface area contributed by atoms with Crippen molar-refractivity contribution in [2.45, 2.75) is 20.8 Å². The fourth-order valence-corrected chi connectivity index (χ4v) is 4.45. The van der Waals surface area contributed by atoms with Gasteiger partial charge in [-0.05, 0) is 83.7 Å². The first-order valence-corrected chi connectivity index (χ1v) is 9.95. The summed E-state index contributed by atoms with van der Waals surface area (Å²) in [7, 11) is 0. The minimum atomic E-state index is -0.0271. The van der Waals surface area contributed by atoms with E-state index >= 15 is 0 Å². The molecule has 2 heterocycles. The van der Waals surface area contributed by atoms with Crippen molar-refractivity contribution >= 4 is 49.3 Å². The molecule has 2 aromatic heterocycles. The van der Waals surface area contributed by atoms with Crippen LogP contribution in [0, 0.1) is 13.8 Å². The zero-order valence-electron chi connectivity index (χ0n) is 14.7. The molecule has 0 saturated carbocycles. The first-order valence-electron chi connectivity index (χ1n) is 8.34. The smallest absolute Gasteiger partial charge is 0.274 e. The van der Waals surface area contributed by atoms with Crippen molar-refractivity contribution in [3.05, 3.63) is 66.4 Å². The molecular weight excluding hydrogens is 412 g/mol. The number of fused-ring (bicyclic) bond motifs is 3. The second kappa shape index (κ2) is 6.52. The lowest BCUT2D eigenvalue weighted by Gasteiger charge is -2.05. The van der Waals surface area contributed by atoms with Gasteiger partial charge in [-0.1, -0.05) is 17.4 Å². The molecule has 0 atom stereocenters. The van der Waals surface area contributed by atoms with Gasteiger partial charge in [0, 0.05) is 0 Å². The number of rotatable bonds is 3. The molecule has 0 amide bonds. The minimum absolute atomic E-state index is 0.0271. The summed E-state index contributed by atoms with van der Waals surface area (Å²) in [5.41, 5.74) is 5.00. The summed E-state index contributed by atoms with van der Waals surface area (Å²) in [6, 6.07) is 9.89. The molecule has 0 N–H and O–H groups in total. The van der Waals surface area contributed by atoms with E-state index in [-0.39, 0.29) is 5.56 Å². The highest BCUT2D eigenvalue weighted by molar-refractivity contribution is 9.10. The monoisotopic (exact) mass is 428 g/mol. The van der Waals surface area contributed by atoms with Gasteiger partial charge in [-0.25, -0.2) is 9.38 Å². The predicted molar refractivity (Wildman–Crippen MR) is 110 cm³/mol. The Kier molecular flexibility index (Phi) is 4.32. The van der Waals surface area contributed by atoms with Gasteiger partial charge in [0.05, 0.1) is 26.6 Å². The van der Waals surface area contributed by atoms with Crippen LogP contribution < -0.4 is 14.8 Å². The Morgan fingerprint density at radius 1 is 1.23 bits per heavy atom. The zero-order valence-corrected chi connectivity index (χ0v) is 17.1. The Bertz CT molecular complexity index is 1260. The molecular formula is C20H17BrN2O2S. The standard InChI is InChI=1S/C20H17BrN2O2S/c1-4-25-17-6-5-13(9-14(17)21)10-18-19(24)23-16-8-12(3)11(2)7-15(16)22-20(23)26-18/h5-10H,4H2,1-3H3/b18-10-. The molecule has 0 unspecified atom stereocenters. The SMILES string of the molecule is CCOc1ccc(/C=c2\sc3nc4cc(C)c(C)cc4n3c2=O)cc1Br. The van der Waals surface area contributed by atoms with E-state index < -0.39 is 0 Å². The van der Waals surface area contributed by atoms with E-state index in [1.54, 1.807) is 4.40 Å². The largest absolute Gasteiger partial charge is 0.493 e. The lowest BCUT2D eigenvalue weighted by Crippen LogP contribution is -2.22. The Morgan fingerprint density at radius 2 is 2.00 bits per heavy atom. The lowest BCUT2D eigenvalue weighted by atomic mass is 10.1. The van der Waals surface area contributed by atoms with Gasteiger partial charge in [0.25, 0.3) is 5.56 Å². The number of nitrogens with zero attached hydrogens (tertiary/aromatic N) is 2. The van der Waals surface area contributed by atoms with Gasteiger partial charge in [0.15, 0.2) is 4.96 Å². The second-order valence-electron chi connectivity index (χ2n) is 6.19. The fraction of sp³-hybridized carbons (Fsp3) is 0.200. The molecule has 0 fully saturated rings. The van der Waals surface area contributed by atoms with Crippen LogP contribution in [0.3, 0.4) is 0 Å². The number of imidazole rings is 1.